The van der Waals surface area contributed by atoms with Gasteiger partial charge in [0.1, 0.15) is 5.82 Å². The summed E-state index contributed by atoms with van der Waals surface area (Å²) in [5.41, 5.74) is 3.92. The molecular weight excluding hydrogens is 321 g/mol. The predicted molar refractivity (Wildman–Crippen MR) is 81.4 cm³/mol. The van der Waals surface area contributed by atoms with Crippen LogP contribution in [0.1, 0.15) is 11.1 Å². The predicted octanol–water partition coefficient (Wildman–Crippen LogP) is 4.16. The third kappa shape index (κ3) is 2.41. The second-order valence-electron chi connectivity index (χ2n) is 4.64. The van der Waals surface area contributed by atoms with Crippen LogP contribution in [-0.4, -0.2) is 9.61 Å². The zero-order chi connectivity index (χ0) is 14.1. The molecule has 20 heavy (non-hydrogen) atoms. The van der Waals surface area contributed by atoms with E-state index in [1.807, 2.05) is 42.0 Å². The van der Waals surface area contributed by atoms with Crippen molar-refractivity contribution in [3.63, 3.8) is 0 Å². The summed E-state index contributed by atoms with van der Waals surface area (Å²) < 4.78 is 15.9. The van der Waals surface area contributed by atoms with Crippen LogP contribution < -0.4 is 5.32 Å². The first-order valence-electron chi connectivity index (χ1n) is 6.26. The molecule has 0 aliphatic carbocycles. The number of hydrogen-bond acceptors (Lipinski definition) is 2. The molecule has 0 radical (unpaired) electrons. The number of aromatic nitrogens is 2. The van der Waals surface area contributed by atoms with E-state index in [4.69, 9.17) is 0 Å². The first-order valence-corrected chi connectivity index (χ1v) is 7.05. The summed E-state index contributed by atoms with van der Waals surface area (Å²) >= 11 is 3.19. The molecule has 102 valence electrons. The van der Waals surface area contributed by atoms with Gasteiger partial charge in [-0.05, 0) is 52.7 Å². The summed E-state index contributed by atoms with van der Waals surface area (Å²) in [6.45, 7) is 2.55. The smallest absolute Gasteiger partial charge is 0.139 e. The third-order valence-electron chi connectivity index (χ3n) is 3.24. The van der Waals surface area contributed by atoms with Gasteiger partial charge in [-0.1, -0.05) is 6.07 Å². The fraction of sp³-hybridized carbons (Fsp3) is 0.133. The Morgan fingerprint density at radius 2 is 2.20 bits per heavy atom. The molecule has 2 aromatic heterocycles. The van der Waals surface area contributed by atoms with E-state index in [1.54, 1.807) is 6.07 Å². The number of pyridine rings is 1. The maximum absolute atomic E-state index is 13.6. The Labute approximate surface area is 124 Å². The molecule has 0 aliphatic rings. The Bertz CT molecular complexity index is 767. The van der Waals surface area contributed by atoms with Crippen molar-refractivity contribution in [1.29, 1.82) is 0 Å². The number of halogens is 2. The Balaban J connectivity index is 1.85. The Morgan fingerprint density at radius 3 is 3.05 bits per heavy atom. The SMILES string of the molecule is Cc1cc(Br)c(F)cc1NCc1cnn2ccccc12. The maximum Gasteiger partial charge on any atom is 0.139 e. The highest BCUT2D eigenvalue weighted by atomic mass is 79.9. The molecule has 2 heterocycles. The van der Waals surface area contributed by atoms with Gasteiger partial charge in [0.15, 0.2) is 0 Å². The molecule has 1 N–H and O–H groups in total. The van der Waals surface area contributed by atoms with Crippen LogP contribution in [0.3, 0.4) is 0 Å². The van der Waals surface area contributed by atoms with Crippen molar-refractivity contribution in [3.8, 4) is 0 Å². The summed E-state index contributed by atoms with van der Waals surface area (Å²) in [5, 5.41) is 7.54. The van der Waals surface area contributed by atoms with Gasteiger partial charge in [-0.2, -0.15) is 5.10 Å². The second kappa shape index (κ2) is 5.25. The van der Waals surface area contributed by atoms with E-state index in [1.165, 1.54) is 6.07 Å². The van der Waals surface area contributed by atoms with Crippen molar-refractivity contribution in [2.75, 3.05) is 5.32 Å². The first-order chi connectivity index (χ1) is 9.65. The minimum absolute atomic E-state index is 0.266. The molecule has 0 unspecified atom stereocenters. The van der Waals surface area contributed by atoms with Gasteiger partial charge in [0.25, 0.3) is 0 Å². The molecule has 0 atom stereocenters. The lowest BCUT2D eigenvalue weighted by Crippen LogP contribution is -2.01. The maximum atomic E-state index is 13.6. The van der Waals surface area contributed by atoms with E-state index < -0.39 is 0 Å². The topological polar surface area (TPSA) is 29.3 Å². The normalized spacial score (nSPS) is 10.9. The van der Waals surface area contributed by atoms with Crippen LogP contribution in [-0.2, 0) is 6.54 Å². The van der Waals surface area contributed by atoms with Crippen LogP contribution in [0, 0.1) is 12.7 Å². The van der Waals surface area contributed by atoms with Crippen molar-refractivity contribution in [2.45, 2.75) is 13.5 Å². The largest absolute Gasteiger partial charge is 0.381 e. The fourth-order valence-electron chi connectivity index (χ4n) is 2.15. The second-order valence-corrected chi connectivity index (χ2v) is 5.49. The Hall–Kier alpha value is -1.88. The molecule has 3 aromatic rings. The van der Waals surface area contributed by atoms with E-state index in [2.05, 4.69) is 26.3 Å². The zero-order valence-corrected chi connectivity index (χ0v) is 12.5. The highest BCUT2D eigenvalue weighted by Gasteiger charge is 2.07. The zero-order valence-electron chi connectivity index (χ0n) is 10.9. The average molecular weight is 334 g/mol. The summed E-state index contributed by atoms with van der Waals surface area (Å²) in [6.07, 6.45) is 3.73. The lowest BCUT2D eigenvalue weighted by Gasteiger charge is -2.10. The summed E-state index contributed by atoms with van der Waals surface area (Å²) in [6, 6.07) is 9.20. The summed E-state index contributed by atoms with van der Waals surface area (Å²) in [4.78, 5) is 0. The van der Waals surface area contributed by atoms with Crippen molar-refractivity contribution >= 4 is 27.1 Å². The number of fused-ring (bicyclic) bond motifs is 1. The highest BCUT2D eigenvalue weighted by Crippen LogP contribution is 2.24. The molecule has 3 rings (SSSR count). The molecular formula is C15H13BrFN3. The molecule has 0 amide bonds. The van der Waals surface area contributed by atoms with Crippen LogP contribution in [0.25, 0.3) is 5.52 Å². The van der Waals surface area contributed by atoms with E-state index in [0.29, 0.717) is 11.0 Å². The number of nitrogens with zero attached hydrogens (tertiary/aromatic N) is 2. The number of aryl methyl sites for hydroxylation is 1. The summed E-state index contributed by atoms with van der Waals surface area (Å²) in [7, 11) is 0. The molecule has 0 aliphatic heterocycles. The minimum Gasteiger partial charge on any atom is -0.381 e. The minimum atomic E-state index is -0.266. The molecule has 0 fully saturated rings. The number of rotatable bonds is 3. The van der Waals surface area contributed by atoms with Gasteiger partial charge in [-0.3, -0.25) is 0 Å². The summed E-state index contributed by atoms with van der Waals surface area (Å²) in [5.74, 6) is -0.266. The highest BCUT2D eigenvalue weighted by molar-refractivity contribution is 9.10. The standard InChI is InChI=1S/C15H13BrFN3/c1-10-6-12(16)13(17)7-14(10)18-8-11-9-19-20-5-3-2-4-15(11)20/h2-7,9,18H,8H2,1H3. The van der Waals surface area contributed by atoms with Crippen LogP contribution in [0.4, 0.5) is 10.1 Å². The number of nitrogens with one attached hydrogen (secondary N) is 1. The van der Waals surface area contributed by atoms with Crippen molar-refractivity contribution in [2.24, 2.45) is 0 Å². The molecule has 1 aromatic carbocycles. The average Bonchev–Trinajstić information content (AvgIpc) is 2.85. The van der Waals surface area contributed by atoms with Gasteiger partial charge >= 0.3 is 0 Å². The van der Waals surface area contributed by atoms with E-state index in [-0.39, 0.29) is 5.82 Å². The van der Waals surface area contributed by atoms with Crippen molar-refractivity contribution < 1.29 is 4.39 Å². The Morgan fingerprint density at radius 1 is 1.35 bits per heavy atom. The third-order valence-corrected chi connectivity index (χ3v) is 3.85. The number of hydrogen-bond donors (Lipinski definition) is 1. The molecule has 3 nitrogen and oxygen atoms in total. The van der Waals surface area contributed by atoms with Crippen molar-refractivity contribution in [3.05, 3.63) is 64.1 Å². The lowest BCUT2D eigenvalue weighted by molar-refractivity contribution is 0.621. The molecule has 0 spiro atoms. The van der Waals surface area contributed by atoms with Crippen LogP contribution in [0.5, 0.6) is 0 Å². The van der Waals surface area contributed by atoms with Gasteiger partial charge in [-0.15, -0.1) is 0 Å². The molecule has 0 saturated carbocycles. The van der Waals surface area contributed by atoms with Crippen LogP contribution >= 0.6 is 15.9 Å². The van der Waals surface area contributed by atoms with E-state index in [0.717, 1.165) is 22.3 Å². The van der Waals surface area contributed by atoms with E-state index >= 15 is 0 Å². The fourth-order valence-corrected chi connectivity index (χ4v) is 2.61. The van der Waals surface area contributed by atoms with Gasteiger partial charge < -0.3 is 5.32 Å². The van der Waals surface area contributed by atoms with Crippen LogP contribution in [0.15, 0.2) is 47.2 Å². The molecule has 5 heteroatoms. The van der Waals surface area contributed by atoms with E-state index in [9.17, 15) is 4.39 Å². The van der Waals surface area contributed by atoms with Gasteiger partial charge in [0.05, 0.1) is 16.2 Å². The number of anilines is 1. The van der Waals surface area contributed by atoms with Gasteiger partial charge in [0.2, 0.25) is 0 Å². The van der Waals surface area contributed by atoms with Gasteiger partial charge in [-0.25, -0.2) is 8.91 Å². The molecule has 0 saturated heterocycles. The first kappa shape index (κ1) is 13.1. The quantitative estimate of drug-likeness (QED) is 0.779. The lowest BCUT2D eigenvalue weighted by atomic mass is 10.2. The molecule has 0 bridgehead atoms. The van der Waals surface area contributed by atoms with Crippen LogP contribution in [0.2, 0.25) is 0 Å². The monoisotopic (exact) mass is 333 g/mol. The van der Waals surface area contributed by atoms with Gasteiger partial charge in [0, 0.05) is 24.0 Å². The van der Waals surface area contributed by atoms with Crippen molar-refractivity contribution in [1.82, 2.24) is 9.61 Å². The number of benzene rings is 1. The Kier molecular flexibility index (Phi) is 3.44.